The normalized spacial score (nSPS) is 10.5. The van der Waals surface area contributed by atoms with Crippen molar-refractivity contribution in [2.75, 3.05) is 0 Å². The van der Waals surface area contributed by atoms with Gasteiger partial charge in [0.25, 0.3) is 0 Å². The Hall–Kier alpha value is -1.60. The molecule has 0 saturated heterocycles. The van der Waals surface area contributed by atoms with E-state index in [1.807, 2.05) is 12.1 Å². The molecule has 0 aliphatic rings. The zero-order chi connectivity index (χ0) is 12.1. The van der Waals surface area contributed by atoms with Crippen molar-refractivity contribution in [3.8, 4) is 0 Å². The predicted molar refractivity (Wildman–Crippen MR) is 71.0 cm³/mol. The number of hydrogen-bond acceptors (Lipinski definition) is 1. The van der Waals surface area contributed by atoms with Crippen LogP contribution < -0.4 is 0 Å². The smallest absolute Gasteiger partial charge is 0.0681 e. The Labute approximate surface area is 103 Å². The highest BCUT2D eigenvalue weighted by Gasteiger charge is 1.97. The van der Waals surface area contributed by atoms with E-state index in [4.69, 9.17) is 5.11 Å². The predicted octanol–water partition coefficient (Wildman–Crippen LogP) is 3.33. The molecule has 0 saturated carbocycles. The summed E-state index contributed by atoms with van der Waals surface area (Å²) < 4.78 is 0. The Morgan fingerprint density at radius 1 is 0.706 bits per heavy atom. The van der Waals surface area contributed by atoms with Crippen LogP contribution in [0.25, 0.3) is 0 Å². The molecule has 0 amide bonds. The lowest BCUT2D eigenvalue weighted by atomic mass is 10.0. The molecule has 1 nitrogen and oxygen atoms in total. The van der Waals surface area contributed by atoms with E-state index < -0.39 is 0 Å². The van der Waals surface area contributed by atoms with E-state index >= 15 is 0 Å². The number of rotatable bonds is 4. The van der Waals surface area contributed by atoms with Crippen LogP contribution in [0.5, 0.6) is 0 Å². The lowest BCUT2D eigenvalue weighted by Crippen LogP contribution is -1.90. The quantitative estimate of drug-likeness (QED) is 0.847. The highest BCUT2D eigenvalue weighted by molar-refractivity contribution is 5.30. The number of benzene rings is 2. The highest BCUT2D eigenvalue weighted by Crippen LogP contribution is 2.12. The highest BCUT2D eigenvalue weighted by atomic mass is 16.3. The molecular formula is C16H18O. The third-order valence-electron chi connectivity index (χ3n) is 3.05. The molecule has 0 aliphatic carbocycles. The SMILES string of the molecule is CCc1ccc(Cc2ccc(CO)cc2)cc1. The van der Waals surface area contributed by atoms with Gasteiger partial charge in [0.1, 0.15) is 0 Å². The summed E-state index contributed by atoms with van der Waals surface area (Å²) in [4.78, 5) is 0. The van der Waals surface area contributed by atoms with Crippen LogP contribution in [0.1, 0.15) is 29.2 Å². The van der Waals surface area contributed by atoms with Crippen LogP contribution in [0, 0.1) is 0 Å². The van der Waals surface area contributed by atoms with Crippen molar-refractivity contribution in [2.45, 2.75) is 26.4 Å². The Bertz CT molecular complexity index is 408. The van der Waals surface area contributed by atoms with Crippen molar-refractivity contribution in [3.05, 3.63) is 70.8 Å². The molecular weight excluding hydrogens is 208 g/mol. The minimum atomic E-state index is 0.117. The van der Waals surface area contributed by atoms with Crippen LogP contribution >= 0.6 is 0 Å². The number of aliphatic hydroxyl groups excluding tert-OH is 1. The minimum Gasteiger partial charge on any atom is -0.392 e. The van der Waals surface area contributed by atoms with Crippen molar-refractivity contribution in [2.24, 2.45) is 0 Å². The second kappa shape index (κ2) is 5.65. The average molecular weight is 226 g/mol. The van der Waals surface area contributed by atoms with Gasteiger partial charge >= 0.3 is 0 Å². The van der Waals surface area contributed by atoms with Crippen LogP contribution in [0.3, 0.4) is 0 Å². The summed E-state index contributed by atoms with van der Waals surface area (Å²) in [5.41, 5.74) is 4.96. The Morgan fingerprint density at radius 3 is 1.53 bits per heavy atom. The molecule has 1 N–H and O–H groups in total. The molecule has 0 bridgehead atoms. The molecule has 0 aromatic heterocycles. The molecule has 17 heavy (non-hydrogen) atoms. The first-order chi connectivity index (χ1) is 8.31. The third kappa shape index (κ3) is 3.18. The summed E-state index contributed by atoms with van der Waals surface area (Å²) in [6, 6.07) is 16.9. The molecule has 2 aromatic rings. The average Bonchev–Trinajstić information content (AvgIpc) is 2.40. The van der Waals surface area contributed by atoms with Gasteiger partial charge in [0.15, 0.2) is 0 Å². The van der Waals surface area contributed by atoms with Crippen molar-refractivity contribution >= 4 is 0 Å². The first kappa shape index (κ1) is 11.9. The maximum Gasteiger partial charge on any atom is 0.0681 e. The van der Waals surface area contributed by atoms with E-state index in [1.54, 1.807) is 0 Å². The molecule has 0 heterocycles. The van der Waals surface area contributed by atoms with Crippen molar-refractivity contribution in [1.82, 2.24) is 0 Å². The Kier molecular flexibility index (Phi) is 3.94. The fraction of sp³-hybridized carbons (Fsp3) is 0.250. The van der Waals surface area contributed by atoms with Crippen LogP contribution in [-0.4, -0.2) is 5.11 Å². The van der Waals surface area contributed by atoms with E-state index in [2.05, 4.69) is 43.3 Å². The topological polar surface area (TPSA) is 20.2 Å². The molecule has 0 unspecified atom stereocenters. The standard InChI is InChI=1S/C16H18O/c1-2-13-3-5-14(6-4-13)11-15-7-9-16(12-17)10-8-15/h3-10,17H,2,11-12H2,1H3. The van der Waals surface area contributed by atoms with Gasteiger partial charge in [-0.25, -0.2) is 0 Å². The van der Waals surface area contributed by atoms with E-state index in [9.17, 15) is 0 Å². The molecule has 88 valence electrons. The molecule has 0 atom stereocenters. The van der Waals surface area contributed by atoms with Gasteiger partial charge in [0.05, 0.1) is 6.61 Å². The fourth-order valence-electron chi connectivity index (χ4n) is 1.89. The van der Waals surface area contributed by atoms with Crippen LogP contribution in [-0.2, 0) is 19.4 Å². The maximum atomic E-state index is 8.98. The number of aryl methyl sites for hydroxylation is 1. The lowest BCUT2D eigenvalue weighted by Gasteiger charge is -2.04. The van der Waals surface area contributed by atoms with Gasteiger partial charge in [-0.2, -0.15) is 0 Å². The third-order valence-corrected chi connectivity index (χ3v) is 3.05. The Morgan fingerprint density at radius 2 is 1.12 bits per heavy atom. The summed E-state index contributed by atoms with van der Waals surface area (Å²) in [5.74, 6) is 0. The summed E-state index contributed by atoms with van der Waals surface area (Å²) >= 11 is 0. The summed E-state index contributed by atoms with van der Waals surface area (Å²) in [5, 5.41) is 8.98. The molecule has 0 radical (unpaired) electrons. The molecule has 1 heteroatoms. The van der Waals surface area contributed by atoms with Gasteiger partial charge in [-0.1, -0.05) is 55.5 Å². The summed E-state index contributed by atoms with van der Waals surface area (Å²) in [6.45, 7) is 2.29. The summed E-state index contributed by atoms with van der Waals surface area (Å²) in [6.07, 6.45) is 2.04. The molecule has 0 fully saturated rings. The largest absolute Gasteiger partial charge is 0.392 e. The molecule has 2 rings (SSSR count). The first-order valence-electron chi connectivity index (χ1n) is 6.08. The van der Waals surface area contributed by atoms with Gasteiger partial charge in [-0.15, -0.1) is 0 Å². The summed E-state index contributed by atoms with van der Waals surface area (Å²) in [7, 11) is 0. The van der Waals surface area contributed by atoms with E-state index in [0.29, 0.717) is 0 Å². The van der Waals surface area contributed by atoms with E-state index in [0.717, 1.165) is 18.4 Å². The zero-order valence-corrected chi connectivity index (χ0v) is 10.2. The second-order valence-electron chi connectivity index (χ2n) is 4.32. The molecule has 0 aliphatic heterocycles. The Balaban J connectivity index is 2.08. The second-order valence-corrected chi connectivity index (χ2v) is 4.32. The van der Waals surface area contributed by atoms with E-state index in [1.165, 1.54) is 16.7 Å². The van der Waals surface area contributed by atoms with Gasteiger partial charge in [0, 0.05) is 0 Å². The fourth-order valence-corrected chi connectivity index (χ4v) is 1.89. The first-order valence-corrected chi connectivity index (χ1v) is 6.08. The van der Waals surface area contributed by atoms with Crippen LogP contribution in [0.2, 0.25) is 0 Å². The van der Waals surface area contributed by atoms with Gasteiger partial charge < -0.3 is 5.11 Å². The number of aliphatic hydroxyl groups is 1. The van der Waals surface area contributed by atoms with Crippen molar-refractivity contribution in [3.63, 3.8) is 0 Å². The van der Waals surface area contributed by atoms with Crippen LogP contribution in [0.4, 0.5) is 0 Å². The van der Waals surface area contributed by atoms with E-state index in [-0.39, 0.29) is 6.61 Å². The monoisotopic (exact) mass is 226 g/mol. The van der Waals surface area contributed by atoms with Crippen LogP contribution in [0.15, 0.2) is 48.5 Å². The van der Waals surface area contributed by atoms with Crippen molar-refractivity contribution < 1.29 is 5.11 Å². The van der Waals surface area contributed by atoms with Gasteiger partial charge in [-0.05, 0) is 35.1 Å². The zero-order valence-electron chi connectivity index (χ0n) is 10.2. The molecule has 2 aromatic carbocycles. The van der Waals surface area contributed by atoms with Gasteiger partial charge in [-0.3, -0.25) is 0 Å². The van der Waals surface area contributed by atoms with Crippen molar-refractivity contribution in [1.29, 1.82) is 0 Å². The maximum absolute atomic E-state index is 8.98. The molecule has 0 spiro atoms. The number of hydrogen-bond donors (Lipinski definition) is 1. The minimum absolute atomic E-state index is 0.117. The lowest BCUT2D eigenvalue weighted by molar-refractivity contribution is 0.282. The van der Waals surface area contributed by atoms with Gasteiger partial charge in [0.2, 0.25) is 0 Å².